The van der Waals surface area contributed by atoms with Crippen LogP contribution in [0.25, 0.3) is 0 Å². The molecule has 0 aliphatic heterocycles. The van der Waals surface area contributed by atoms with Crippen LogP contribution in [0.5, 0.6) is 5.88 Å². The molecule has 0 amide bonds. The maximum Gasteiger partial charge on any atom is 0.218 e. The van der Waals surface area contributed by atoms with Gasteiger partial charge in [-0.3, -0.25) is 0 Å². The van der Waals surface area contributed by atoms with E-state index in [4.69, 9.17) is 16.3 Å². The van der Waals surface area contributed by atoms with Crippen molar-refractivity contribution in [1.82, 2.24) is 4.98 Å². The van der Waals surface area contributed by atoms with E-state index in [-0.39, 0.29) is 17.1 Å². The van der Waals surface area contributed by atoms with Gasteiger partial charge in [-0.1, -0.05) is 17.7 Å². The zero-order chi connectivity index (χ0) is 13.1. The van der Waals surface area contributed by atoms with E-state index in [0.717, 1.165) is 18.2 Å². The third-order valence-corrected chi connectivity index (χ3v) is 2.70. The Balaban J connectivity index is 2.36. The number of halogens is 3. The largest absolute Gasteiger partial charge is 0.481 e. The van der Waals surface area contributed by atoms with Gasteiger partial charge in [-0.05, 0) is 29.8 Å². The molecule has 0 bridgehead atoms. The van der Waals surface area contributed by atoms with E-state index in [9.17, 15) is 8.78 Å². The van der Waals surface area contributed by atoms with Crippen LogP contribution >= 0.6 is 11.6 Å². The molecule has 1 heterocycles. The topological polar surface area (TPSA) is 22.1 Å². The third-order valence-electron chi connectivity index (χ3n) is 2.49. The molecule has 94 valence electrons. The smallest absolute Gasteiger partial charge is 0.218 e. The summed E-state index contributed by atoms with van der Waals surface area (Å²) in [6.45, 7) is 0. The molecule has 0 atom stereocenters. The van der Waals surface area contributed by atoms with Crippen LogP contribution in [-0.4, -0.2) is 12.1 Å². The molecule has 1 aromatic carbocycles. The maximum absolute atomic E-state index is 13.5. The van der Waals surface area contributed by atoms with Crippen molar-refractivity contribution in [3.8, 4) is 5.88 Å². The zero-order valence-electron chi connectivity index (χ0n) is 9.58. The fourth-order valence-corrected chi connectivity index (χ4v) is 1.78. The minimum atomic E-state index is -0.479. The summed E-state index contributed by atoms with van der Waals surface area (Å²) in [5, 5.41) is 0.287. The second-order valence-corrected chi connectivity index (χ2v) is 4.10. The van der Waals surface area contributed by atoms with Crippen LogP contribution in [0.15, 0.2) is 30.3 Å². The first-order valence-electron chi connectivity index (χ1n) is 5.23. The van der Waals surface area contributed by atoms with Gasteiger partial charge >= 0.3 is 0 Å². The highest BCUT2D eigenvalue weighted by Gasteiger charge is 2.10. The average molecular weight is 270 g/mol. The van der Waals surface area contributed by atoms with Crippen molar-refractivity contribution in [3.63, 3.8) is 0 Å². The van der Waals surface area contributed by atoms with Crippen molar-refractivity contribution in [3.05, 3.63) is 58.2 Å². The van der Waals surface area contributed by atoms with Gasteiger partial charge in [0.05, 0.1) is 7.11 Å². The molecular weight excluding hydrogens is 260 g/mol. The summed E-state index contributed by atoms with van der Waals surface area (Å²) in [6, 6.07) is 6.59. The molecule has 1 aromatic heterocycles. The Labute approximate surface area is 108 Å². The maximum atomic E-state index is 13.5. The highest BCUT2D eigenvalue weighted by Crippen LogP contribution is 2.23. The lowest BCUT2D eigenvalue weighted by atomic mass is 10.1. The molecule has 0 unspecified atom stereocenters. The van der Waals surface area contributed by atoms with E-state index in [1.54, 1.807) is 12.1 Å². The van der Waals surface area contributed by atoms with Gasteiger partial charge in [-0.15, -0.1) is 0 Å². The predicted molar refractivity (Wildman–Crippen MR) is 65.0 cm³/mol. The normalized spacial score (nSPS) is 10.4. The van der Waals surface area contributed by atoms with Gasteiger partial charge in [0, 0.05) is 12.0 Å². The molecule has 2 rings (SSSR count). The van der Waals surface area contributed by atoms with Crippen molar-refractivity contribution in [1.29, 1.82) is 0 Å². The Bertz CT molecular complexity index is 575. The van der Waals surface area contributed by atoms with Gasteiger partial charge in [-0.25, -0.2) is 13.8 Å². The molecule has 0 fully saturated rings. The Morgan fingerprint density at radius 3 is 2.67 bits per heavy atom. The number of hydrogen-bond acceptors (Lipinski definition) is 2. The Hall–Kier alpha value is -1.68. The number of pyridine rings is 1. The van der Waals surface area contributed by atoms with Crippen LogP contribution in [0.3, 0.4) is 0 Å². The third kappa shape index (κ3) is 2.76. The van der Waals surface area contributed by atoms with Gasteiger partial charge in [0.15, 0.2) is 0 Å². The van der Waals surface area contributed by atoms with Crippen molar-refractivity contribution in [2.24, 2.45) is 0 Å². The lowest BCUT2D eigenvalue weighted by Gasteiger charge is -2.08. The summed E-state index contributed by atoms with van der Waals surface area (Å²) < 4.78 is 31.6. The molecule has 2 nitrogen and oxygen atoms in total. The van der Waals surface area contributed by atoms with E-state index in [2.05, 4.69) is 4.98 Å². The van der Waals surface area contributed by atoms with Crippen LogP contribution in [0.2, 0.25) is 5.15 Å². The molecule has 2 aromatic rings. The number of aromatic nitrogens is 1. The van der Waals surface area contributed by atoms with Crippen LogP contribution < -0.4 is 4.74 Å². The number of nitrogens with zero attached hydrogens (tertiary/aromatic N) is 1. The summed E-state index contributed by atoms with van der Waals surface area (Å²) in [5.41, 5.74) is 0.892. The Morgan fingerprint density at radius 1 is 1.17 bits per heavy atom. The summed E-state index contributed by atoms with van der Waals surface area (Å²) in [6.07, 6.45) is 0.191. The molecular formula is C13H10ClF2NO. The molecule has 5 heteroatoms. The van der Waals surface area contributed by atoms with E-state index >= 15 is 0 Å². The first kappa shape index (κ1) is 12.8. The predicted octanol–water partition coefficient (Wildman–Crippen LogP) is 3.61. The van der Waals surface area contributed by atoms with Crippen molar-refractivity contribution < 1.29 is 13.5 Å². The highest BCUT2D eigenvalue weighted by molar-refractivity contribution is 6.29. The fraction of sp³-hybridized carbons (Fsp3) is 0.154. The summed E-state index contributed by atoms with van der Waals surface area (Å²) in [5.74, 6) is -0.633. The first-order chi connectivity index (χ1) is 8.60. The van der Waals surface area contributed by atoms with Gasteiger partial charge in [-0.2, -0.15) is 0 Å². The lowest BCUT2D eigenvalue weighted by Crippen LogP contribution is -1.99. The summed E-state index contributed by atoms with van der Waals surface area (Å²) in [4.78, 5) is 3.97. The quantitative estimate of drug-likeness (QED) is 0.794. The molecule has 0 saturated heterocycles. The number of benzene rings is 1. The second kappa shape index (κ2) is 5.31. The zero-order valence-corrected chi connectivity index (χ0v) is 10.3. The van der Waals surface area contributed by atoms with E-state index in [1.807, 2.05) is 0 Å². The Morgan fingerprint density at radius 2 is 1.94 bits per heavy atom. The number of rotatable bonds is 3. The molecule has 0 N–H and O–H groups in total. The number of hydrogen-bond donors (Lipinski definition) is 0. The van der Waals surface area contributed by atoms with Crippen molar-refractivity contribution >= 4 is 11.6 Å². The minimum Gasteiger partial charge on any atom is -0.481 e. The van der Waals surface area contributed by atoms with Gasteiger partial charge in [0.25, 0.3) is 0 Å². The molecule has 0 saturated carbocycles. The summed E-state index contributed by atoms with van der Waals surface area (Å²) >= 11 is 5.73. The monoisotopic (exact) mass is 269 g/mol. The minimum absolute atomic E-state index is 0.191. The highest BCUT2D eigenvalue weighted by atomic mass is 35.5. The molecule has 18 heavy (non-hydrogen) atoms. The standard InChI is InChI=1S/C13H10ClF2NO/c1-18-13-8(2-5-12(14)17-13)6-9-7-10(15)3-4-11(9)16/h2-5,7H,6H2,1H3. The van der Waals surface area contributed by atoms with Crippen molar-refractivity contribution in [2.75, 3.05) is 7.11 Å². The van der Waals surface area contributed by atoms with Crippen molar-refractivity contribution in [2.45, 2.75) is 6.42 Å². The van der Waals surface area contributed by atoms with Gasteiger partial charge in [0.2, 0.25) is 5.88 Å². The van der Waals surface area contributed by atoms with Crippen LogP contribution in [0, 0.1) is 11.6 Å². The van der Waals surface area contributed by atoms with Crippen LogP contribution in [0.4, 0.5) is 8.78 Å². The SMILES string of the molecule is COc1nc(Cl)ccc1Cc1cc(F)ccc1F. The fourth-order valence-electron chi connectivity index (χ4n) is 1.64. The number of methoxy groups -OCH3 is 1. The first-order valence-corrected chi connectivity index (χ1v) is 5.61. The number of ether oxygens (including phenoxy) is 1. The van der Waals surface area contributed by atoms with Crippen LogP contribution in [0.1, 0.15) is 11.1 Å². The van der Waals surface area contributed by atoms with Crippen LogP contribution in [-0.2, 0) is 6.42 Å². The second-order valence-electron chi connectivity index (χ2n) is 3.71. The summed E-state index contributed by atoms with van der Waals surface area (Å²) in [7, 11) is 1.45. The lowest BCUT2D eigenvalue weighted by molar-refractivity contribution is 0.393. The van der Waals surface area contributed by atoms with E-state index in [0.29, 0.717) is 11.4 Å². The molecule has 0 aliphatic rings. The van der Waals surface area contributed by atoms with Gasteiger partial charge in [0.1, 0.15) is 16.8 Å². The average Bonchev–Trinajstić information content (AvgIpc) is 2.36. The van der Waals surface area contributed by atoms with Gasteiger partial charge < -0.3 is 4.74 Å². The van der Waals surface area contributed by atoms with E-state index < -0.39 is 11.6 Å². The molecule has 0 radical (unpaired) electrons. The Kier molecular flexibility index (Phi) is 3.77. The molecule has 0 spiro atoms. The van der Waals surface area contributed by atoms with E-state index in [1.165, 1.54) is 7.11 Å². The molecule has 0 aliphatic carbocycles.